The second-order valence-electron chi connectivity index (χ2n) is 9.92. The monoisotopic (exact) mass is 607 g/mol. The molecule has 0 bridgehead atoms. The third kappa shape index (κ3) is 4.44. The van der Waals surface area contributed by atoms with Crippen LogP contribution in [0.1, 0.15) is 29.7 Å². The second-order valence-corrected chi connectivity index (χ2v) is 10.8. The first-order valence-corrected chi connectivity index (χ1v) is 13.4. The lowest BCUT2D eigenvalue weighted by Gasteiger charge is -2.31. The molecule has 2 heterocycles. The van der Waals surface area contributed by atoms with Crippen molar-refractivity contribution in [2.45, 2.75) is 31.3 Å². The number of methoxy groups -OCH3 is 1. The molecule has 2 aliphatic heterocycles. The highest BCUT2D eigenvalue weighted by Gasteiger charge is 2.69. The van der Waals surface area contributed by atoms with Crippen LogP contribution in [0.3, 0.4) is 0 Å². The van der Waals surface area contributed by atoms with E-state index in [-0.39, 0.29) is 12.1 Å². The van der Waals surface area contributed by atoms with Crippen molar-refractivity contribution in [2.75, 3.05) is 12.0 Å². The molecule has 0 spiro atoms. The summed E-state index contributed by atoms with van der Waals surface area (Å²) in [5.74, 6) is -4.30. The first kappa shape index (κ1) is 27.5. The molecule has 2 N–H and O–H groups in total. The Hall–Kier alpha value is -4.09. The minimum absolute atomic E-state index is 0.143. The maximum absolute atomic E-state index is 14.1. The van der Waals surface area contributed by atoms with Crippen molar-refractivity contribution in [3.63, 3.8) is 0 Å². The zero-order valence-electron chi connectivity index (χ0n) is 21.7. The van der Waals surface area contributed by atoms with Gasteiger partial charge in [-0.3, -0.25) is 29.8 Å². The van der Waals surface area contributed by atoms with Gasteiger partial charge in [-0.2, -0.15) is 0 Å². The Morgan fingerprint density at radius 1 is 1.07 bits per heavy atom. The summed E-state index contributed by atoms with van der Waals surface area (Å²) in [6.45, 7) is 1.99. The van der Waals surface area contributed by atoms with Gasteiger partial charge in [0.15, 0.2) is 0 Å². The van der Waals surface area contributed by atoms with Crippen LogP contribution in [-0.2, 0) is 27.2 Å². The molecule has 5 rings (SSSR count). The van der Waals surface area contributed by atoms with Crippen LogP contribution in [0.2, 0.25) is 0 Å². The van der Waals surface area contributed by atoms with Gasteiger partial charge in [0.25, 0.3) is 5.69 Å². The standard InChI is InChI=1S/C29H26BrN3O7/c1-3-16-4-9-19(10-5-16)32-26(34)23-24(27(32)35)29(28(36)37,15-17-6-11-20(12-7-17)33(38)39)31-25(23)21-14-18(30)8-13-22(21)40-2/h4-14,23-25,31H,3,15H2,1-2H3,(H,36,37). The Kier molecular flexibility index (Phi) is 7.19. The van der Waals surface area contributed by atoms with Gasteiger partial charge >= 0.3 is 5.97 Å². The van der Waals surface area contributed by atoms with E-state index in [0.29, 0.717) is 27.0 Å². The van der Waals surface area contributed by atoms with E-state index in [1.54, 1.807) is 30.3 Å². The van der Waals surface area contributed by atoms with Crippen molar-refractivity contribution in [2.24, 2.45) is 11.8 Å². The van der Waals surface area contributed by atoms with E-state index >= 15 is 0 Å². The molecule has 0 aromatic heterocycles. The Morgan fingerprint density at radius 2 is 1.73 bits per heavy atom. The number of ether oxygens (including phenoxy) is 1. The predicted molar refractivity (Wildman–Crippen MR) is 149 cm³/mol. The number of carbonyl (C=O) groups excluding carboxylic acids is 2. The number of nitrogens with one attached hydrogen (secondary N) is 1. The number of fused-ring (bicyclic) bond motifs is 1. The van der Waals surface area contributed by atoms with Crippen molar-refractivity contribution in [1.29, 1.82) is 0 Å². The molecule has 0 radical (unpaired) electrons. The Bertz CT molecular complexity index is 1510. The number of aliphatic carboxylic acids is 1. The Balaban J connectivity index is 1.66. The SMILES string of the molecule is CCc1ccc(N2C(=O)C3C(c4cc(Br)ccc4OC)NC(Cc4ccc([N+](=O)[O-])cc4)(C(=O)O)C3C2=O)cc1. The van der Waals surface area contributed by atoms with Crippen molar-refractivity contribution < 1.29 is 29.2 Å². The third-order valence-corrected chi connectivity index (χ3v) is 8.29. The molecule has 2 aliphatic rings. The molecular weight excluding hydrogens is 582 g/mol. The molecular formula is C29H26BrN3O7. The highest BCUT2D eigenvalue weighted by atomic mass is 79.9. The van der Waals surface area contributed by atoms with E-state index in [9.17, 15) is 29.6 Å². The number of nitro groups is 1. The molecule has 40 heavy (non-hydrogen) atoms. The summed E-state index contributed by atoms with van der Waals surface area (Å²) in [6.07, 6.45) is 0.593. The fraction of sp³-hybridized carbons (Fsp3) is 0.276. The third-order valence-electron chi connectivity index (χ3n) is 7.80. The summed E-state index contributed by atoms with van der Waals surface area (Å²) < 4.78 is 6.25. The van der Waals surface area contributed by atoms with Gasteiger partial charge in [-0.25, -0.2) is 4.90 Å². The maximum atomic E-state index is 14.1. The topological polar surface area (TPSA) is 139 Å². The largest absolute Gasteiger partial charge is 0.496 e. The number of nitrogens with zero attached hydrogens (tertiary/aromatic N) is 2. The molecule has 2 fully saturated rings. The highest BCUT2D eigenvalue weighted by Crippen LogP contribution is 2.52. The number of imide groups is 1. The number of rotatable bonds is 8. The van der Waals surface area contributed by atoms with Crippen LogP contribution in [-0.4, -0.2) is 40.5 Å². The van der Waals surface area contributed by atoms with Gasteiger partial charge in [-0.15, -0.1) is 0 Å². The predicted octanol–water partition coefficient (Wildman–Crippen LogP) is 4.44. The second kappa shape index (κ2) is 10.5. The quantitative estimate of drug-likeness (QED) is 0.217. The lowest BCUT2D eigenvalue weighted by molar-refractivity contribution is -0.384. The molecule has 0 saturated carbocycles. The van der Waals surface area contributed by atoms with Crippen LogP contribution in [0.25, 0.3) is 0 Å². The first-order valence-electron chi connectivity index (χ1n) is 12.7. The zero-order valence-corrected chi connectivity index (χ0v) is 23.3. The van der Waals surface area contributed by atoms with Gasteiger partial charge in [0, 0.05) is 34.6 Å². The molecule has 3 aromatic carbocycles. The van der Waals surface area contributed by atoms with E-state index < -0.39 is 46.1 Å². The average molecular weight is 608 g/mol. The molecule has 4 unspecified atom stereocenters. The molecule has 0 aliphatic carbocycles. The minimum Gasteiger partial charge on any atom is -0.496 e. The summed E-state index contributed by atoms with van der Waals surface area (Å²) in [6, 6.07) is 16.9. The van der Waals surface area contributed by atoms with Crippen LogP contribution in [0.5, 0.6) is 5.75 Å². The number of hydrogen-bond donors (Lipinski definition) is 2. The van der Waals surface area contributed by atoms with Gasteiger partial charge in [-0.1, -0.05) is 47.1 Å². The van der Waals surface area contributed by atoms with E-state index in [0.717, 1.165) is 16.9 Å². The van der Waals surface area contributed by atoms with Crippen LogP contribution >= 0.6 is 15.9 Å². The van der Waals surface area contributed by atoms with Crippen molar-refractivity contribution in [1.82, 2.24) is 5.32 Å². The Labute approximate surface area is 238 Å². The van der Waals surface area contributed by atoms with E-state index in [1.807, 2.05) is 19.1 Å². The number of amides is 2. The molecule has 11 heteroatoms. The number of nitro benzene ring substituents is 1. The molecule has 10 nitrogen and oxygen atoms in total. The van der Waals surface area contributed by atoms with Crippen molar-refractivity contribution >= 4 is 45.1 Å². The minimum atomic E-state index is -1.89. The summed E-state index contributed by atoms with van der Waals surface area (Å²) in [7, 11) is 1.48. The molecule has 4 atom stereocenters. The van der Waals surface area contributed by atoms with Crippen LogP contribution in [0.4, 0.5) is 11.4 Å². The number of carbonyl (C=O) groups is 3. The average Bonchev–Trinajstić information content (AvgIpc) is 3.42. The number of carboxylic acid groups (broad SMARTS) is 1. The number of aryl methyl sites for hydroxylation is 1. The van der Waals surface area contributed by atoms with E-state index in [2.05, 4.69) is 21.2 Å². The normalized spacial score (nSPS) is 23.8. The number of anilines is 1. The van der Waals surface area contributed by atoms with Crippen molar-refractivity contribution in [3.8, 4) is 5.75 Å². The van der Waals surface area contributed by atoms with E-state index in [1.165, 1.54) is 31.4 Å². The number of non-ortho nitro benzene ring substituents is 1. The number of hydrogen-bond acceptors (Lipinski definition) is 7. The summed E-state index contributed by atoms with van der Waals surface area (Å²) in [5, 5.41) is 25.0. The lowest BCUT2D eigenvalue weighted by Crippen LogP contribution is -2.57. The van der Waals surface area contributed by atoms with Crippen LogP contribution < -0.4 is 15.0 Å². The van der Waals surface area contributed by atoms with Gasteiger partial charge in [-0.05, 0) is 47.9 Å². The van der Waals surface area contributed by atoms with Gasteiger partial charge in [0.05, 0.1) is 29.6 Å². The Morgan fingerprint density at radius 3 is 2.30 bits per heavy atom. The summed E-state index contributed by atoms with van der Waals surface area (Å²) >= 11 is 3.45. The van der Waals surface area contributed by atoms with Gasteiger partial charge < -0.3 is 9.84 Å². The maximum Gasteiger partial charge on any atom is 0.325 e. The van der Waals surface area contributed by atoms with Gasteiger partial charge in [0.1, 0.15) is 11.3 Å². The fourth-order valence-electron chi connectivity index (χ4n) is 5.85. The summed E-state index contributed by atoms with van der Waals surface area (Å²) in [4.78, 5) is 52.9. The fourth-order valence-corrected chi connectivity index (χ4v) is 6.22. The van der Waals surface area contributed by atoms with E-state index in [4.69, 9.17) is 4.74 Å². The van der Waals surface area contributed by atoms with Gasteiger partial charge in [0.2, 0.25) is 11.8 Å². The van der Waals surface area contributed by atoms with Crippen LogP contribution in [0, 0.1) is 22.0 Å². The first-order chi connectivity index (χ1) is 19.1. The molecule has 2 saturated heterocycles. The number of carboxylic acids is 1. The van der Waals surface area contributed by atoms with Crippen molar-refractivity contribution in [3.05, 3.63) is 98.0 Å². The molecule has 2 amide bonds. The lowest BCUT2D eigenvalue weighted by atomic mass is 9.76. The molecule has 206 valence electrons. The zero-order chi connectivity index (χ0) is 28.8. The summed E-state index contributed by atoms with van der Waals surface area (Å²) in [5.41, 5.74) is 0.366. The highest BCUT2D eigenvalue weighted by molar-refractivity contribution is 9.10. The number of halogens is 1. The number of benzene rings is 3. The van der Waals surface area contributed by atoms with Crippen LogP contribution in [0.15, 0.2) is 71.2 Å². The smallest absolute Gasteiger partial charge is 0.325 e. The molecule has 3 aromatic rings.